The summed E-state index contributed by atoms with van der Waals surface area (Å²) in [4.78, 5) is 0. The zero-order valence-corrected chi connectivity index (χ0v) is 11.6. The van der Waals surface area contributed by atoms with Gasteiger partial charge >= 0.3 is 0 Å². The Bertz CT molecular complexity index is 540. The molecule has 0 aromatic heterocycles. The molecule has 4 heteroatoms. The molecular formula is C15H17ClN2O. The molecule has 2 aromatic rings. The van der Waals surface area contributed by atoms with E-state index in [1.807, 2.05) is 49.4 Å². The van der Waals surface area contributed by atoms with Crippen LogP contribution >= 0.6 is 11.6 Å². The number of nitrogen functional groups attached to an aromatic ring is 1. The number of hydrogen-bond donors (Lipinski definition) is 2. The van der Waals surface area contributed by atoms with Crippen molar-refractivity contribution in [1.29, 1.82) is 0 Å². The monoisotopic (exact) mass is 276 g/mol. The Kier molecular flexibility index (Phi) is 4.53. The first-order valence-corrected chi connectivity index (χ1v) is 6.57. The van der Waals surface area contributed by atoms with Crippen molar-refractivity contribution in [3.8, 4) is 5.75 Å². The molecule has 0 aliphatic rings. The van der Waals surface area contributed by atoms with E-state index in [4.69, 9.17) is 22.1 Å². The largest absolute Gasteiger partial charge is 0.494 e. The number of benzene rings is 2. The van der Waals surface area contributed by atoms with Crippen LogP contribution in [0.1, 0.15) is 12.5 Å². The molecule has 0 aliphatic carbocycles. The lowest BCUT2D eigenvalue weighted by Crippen LogP contribution is -2.01. The van der Waals surface area contributed by atoms with E-state index in [2.05, 4.69) is 5.32 Å². The lowest BCUT2D eigenvalue weighted by Gasteiger charge is -2.10. The lowest BCUT2D eigenvalue weighted by atomic mass is 10.2. The van der Waals surface area contributed by atoms with Crippen LogP contribution < -0.4 is 15.8 Å². The molecule has 2 rings (SSSR count). The van der Waals surface area contributed by atoms with Gasteiger partial charge in [0, 0.05) is 35.1 Å². The normalized spacial score (nSPS) is 10.2. The fourth-order valence-corrected chi connectivity index (χ4v) is 1.91. The first-order valence-electron chi connectivity index (χ1n) is 6.19. The highest BCUT2D eigenvalue weighted by atomic mass is 35.5. The predicted molar refractivity (Wildman–Crippen MR) is 80.8 cm³/mol. The third kappa shape index (κ3) is 4.07. The molecule has 3 N–H and O–H groups in total. The van der Waals surface area contributed by atoms with Crippen molar-refractivity contribution in [2.45, 2.75) is 13.5 Å². The molecular weight excluding hydrogens is 260 g/mol. The second-order valence-corrected chi connectivity index (χ2v) is 4.64. The first kappa shape index (κ1) is 13.6. The van der Waals surface area contributed by atoms with Crippen LogP contribution in [0, 0.1) is 0 Å². The van der Waals surface area contributed by atoms with Gasteiger partial charge in [0.25, 0.3) is 0 Å². The maximum Gasteiger partial charge on any atom is 0.123 e. The van der Waals surface area contributed by atoms with E-state index >= 15 is 0 Å². The van der Waals surface area contributed by atoms with Crippen LogP contribution in [0.5, 0.6) is 5.75 Å². The highest BCUT2D eigenvalue weighted by Crippen LogP contribution is 2.23. The third-order valence-electron chi connectivity index (χ3n) is 2.65. The Morgan fingerprint density at radius 3 is 2.58 bits per heavy atom. The van der Waals surface area contributed by atoms with Crippen LogP contribution in [0.2, 0.25) is 5.02 Å². The Hall–Kier alpha value is -1.87. The van der Waals surface area contributed by atoms with Crippen LogP contribution in [0.3, 0.4) is 0 Å². The van der Waals surface area contributed by atoms with Gasteiger partial charge in [-0.2, -0.15) is 0 Å². The first-order chi connectivity index (χ1) is 9.17. The van der Waals surface area contributed by atoms with Crippen LogP contribution in [0.15, 0.2) is 42.5 Å². The van der Waals surface area contributed by atoms with Gasteiger partial charge in [0.15, 0.2) is 0 Å². The SMILES string of the molecule is CCOc1cc(N)cc(NCc2ccc(Cl)cc2)c1. The number of hydrogen-bond acceptors (Lipinski definition) is 3. The van der Waals surface area contributed by atoms with Crippen molar-refractivity contribution in [2.24, 2.45) is 0 Å². The Morgan fingerprint density at radius 2 is 1.89 bits per heavy atom. The predicted octanol–water partition coefficient (Wildman–Crippen LogP) is 3.93. The van der Waals surface area contributed by atoms with Crippen LogP contribution in [-0.2, 0) is 6.54 Å². The number of rotatable bonds is 5. The van der Waals surface area contributed by atoms with Crippen molar-refractivity contribution >= 4 is 23.0 Å². The minimum atomic E-state index is 0.625. The van der Waals surface area contributed by atoms with Crippen molar-refractivity contribution in [2.75, 3.05) is 17.7 Å². The zero-order valence-electron chi connectivity index (χ0n) is 10.8. The van der Waals surface area contributed by atoms with Gasteiger partial charge in [0.2, 0.25) is 0 Å². The molecule has 0 heterocycles. The minimum Gasteiger partial charge on any atom is -0.494 e. The van der Waals surface area contributed by atoms with E-state index in [1.165, 1.54) is 0 Å². The molecule has 0 spiro atoms. The average Bonchev–Trinajstić information content (AvgIpc) is 2.38. The van der Waals surface area contributed by atoms with Gasteiger partial charge in [0.05, 0.1) is 6.61 Å². The van der Waals surface area contributed by atoms with Gasteiger partial charge in [-0.25, -0.2) is 0 Å². The number of nitrogens with two attached hydrogens (primary N) is 1. The summed E-state index contributed by atoms with van der Waals surface area (Å²) >= 11 is 5.85. The van der Waals surface area contributed by atoms with Crippen LogP contribution in [0.25, 0.3) is 0 Å². The van der Waals surface area contributed by atoms with Crippen molar-refractivity contribution in [3.05, 3.63) is 53.1 Å². The van der Waals surface area contributed by atoms with Gasteiger partial charge in [-0.3, -0.25) is 0 Å². The second kappa shape index (κ2) is 6.34. The molecule has 0 saturated carbocycles. The maximum absolute atomic E-state index is 5.85. The van der Waals surface area contributed by atoms with E-state index < -0.39 is 0 Å². The standard InChI is InChI=1S/C15H17ClN2O/c1-2-19-15-8-13(17)7-14(9-15)18-10-11-3-5-12(16)6-4-11/h3-9,18H,2,10,17H2,1H3. The molecule has 0 atom stereocenters. The fourth-order valence-electron chi connectivity index (χ4n) is 1.78. The zero-order chi connectivity index (χ0) is 13.7. The minimum absolute atomic E-state index is 0.625. The summed E-state index contributed by atoms with van der Waals surface area (Å²) in [5.74, 6) is 0.779. The third-order valence-corrected chi connectivity index (χ3v) is 2.90. The van der Waals surface area contributed by atoms with Gasteiger partial charge in [-0.15, -0.1) is 0 Å². The van der Waals surface area contributed by atoms with Crippen LogP contribution in [0.4, 0.5) is 11.4 Å². The number of halogens is 1. The Labute approximate surface area is 118 Å². The average molecular weight is 277 g/mol. The summed E-state index contributed by atoms with van der Waals surface area (Å²) in [7, 11) is 0. The van der Waals surface area contributed by atoms with E-state index in [9.17, 15) is 0 Å². The summed E-state index contributed by atoms with van der Waals surface area (Å²) in [6.45, 7) is 3.29. The fraction of sp³-hybridized carbons (Fsp3) is 0.200. The molecule has 0 amide bonds. The van der Waals surface area contributed by atoms with Crippen LogP contribution in [-0.4, -0.2) is 6.61 Å². The van der Waals surface area contributed by atoms with E-state index in [-0.39, 0.29) is 0 Å². The second-order valence-electron chi connectivity index (χ2n) is 4.20. The molecule has 0 saturated heterocycles. The molecule has 0 unspecified atom stereocenters. The molecule has 0 fully saturated rings. The molecule has 3 nitrogen and oxygen atoms in total. The smallest absolute Gasteiger partial charge is 0.123 e. The Morgan fingerprint density at radius 1 is 1.16 bits per heavy atom. The van der Waals surface area contributed by atoms with E-state index in [0.717, 1.165) is 22.0 Å². The van der Waals surface area contributed by atoms with Gasteiger partial charge in [-0.1, -0.05) is 23.7 Å². The summed E-state index contributed by atoms with van der Waals surface area (Å²) in [6.07, 6.45) is 0. The molecule has 19 heavy (non-hydrogen) atoms. The number of nitrogens with one attached hydrogen (secondary N) is 1. The summed E-state index contributed by atoms with van der Waals surface area (Å²) in [5.41, 5.74) is 8.63. The molecule has 100 valence electrons. The summed E-state index contributed by atoms with van der Waals surface area (Å²) < 4.78 is 5.46. The van der Waals surface area contributed by atoms with Gasteiger partial charge < -0.3 is 15.8 Å². The summed E-state index contributed by atoms with van der Waals surface area (Å²) in [5, 5.41) is 4.06. The quantitative estimate of drug-likeness (QED) is 0.814. The lowest BCUT2D eigenvalue weighted by molar-refractivity contribution is 0.340. The van der Waals surface area contributed by atoms with Gasteiger partial charge in [0.1, 0.15) is 5.75 Å². The van der Waals surface area contributed by atoms with E-state index in [0.29, 0.717) is 18.8 Å². The maximum atomic E-state index is 5.85. The number of ether oxygens (including phenoxy) is 1. The molecule has 2 aromatic carbocycles. The molecule has 0 aliphatic heterocycles. The van der Waals surface area contributed by atoms with Crippen molar-refractivity contribution in [3.63, 3.8) is 0 Å². The topological polar surface area (TPSA) is 47.3 Å². The van der Waals surface area contributed by atoms with E-state index in [1.54, 1.807) is 0 Å². The molecule has 0 radical (unpaired) electrons. The van der Waals surface area contributed by atoms with Crippen molar-refractivity contribution < 1.29 is 4.74 Å². The molecule has 0 bridgehead atoms. The highest BCUT2D eigenvalue weighted by Gasteiger charge is 2.00. The number of anilines is 2. The summed E-state index contributed by atoms with van der Waals surface area (Å²) in [6, 6.07) is 13.4. The Balaban J connectivity index is 2.04. The van der Waals surface area contributed by atoms with Crippen molar-refractivity contribution in [1.82, 2.24) is 0 Å². The highest BCUT2D eigenvalue weighted by molar-refractivity contribution is 6.30. The van der Waals surface area contributed by atoms with Gasteiger partial charge in [-0.05, 0) is 30.7 Å².